The molecular formula is C12H26N2O. The highest BCUT2D eigenvalue weighted by Crippen LogP contribution is 2.37. The van der Waals surface area contributed by atoms with Gasteiger partial charge in [0.25, 0.3) is 0 Å². The van der Waals surface area contributed by atoms with Crippen LogP contribution in [0.2, 0.25) is 0 Å². The molecule has 0 saturated heterocycles. The van der Waals surface area contributed by atoms with Crippen molar-refractivity contribution in [3.8, 4) is 0 Å². The Balaban J connectivity index is 2.43. The first-order valence-electron chi connectivity index (χ1n) is 6.13. The Kier molecular flexibility index (Phi) is 5.03. The van der Waals surface area contributed by atoms with Crippen molar-refractivity contribution in [2.75, 3.05) is 33.4 Å². The quantitative estimate of drug-likeness (QED) is 0.681. The van der Waals surface area contributed by atoms with Crippen molar-refractivity contribution in [1.82, 2.24) is 4.90 Å². The molecule has 3 heteroatoms. The predicted molar refractivity (Wildman–Crippen MR) is 63.9 cm³/mol. The zero-order valence-corrected chi connectivity index (χ0v) is 10.5. The van der Waals surface area contributed by atoms with Crippen molar-refractivity contribution in [3.63, 3.8) is 0 Å². The highest BCUT2D eigenvalue weighted by atomic mass is 16.5. The molecule has 2 N–H and O–H groups in total. The lowest BCUT2D eigenvalue weighted by Gasteiger charge is -2.38. The van der Waals surface area contributed by atoms with Crippen LogP contribution in [0.1, 0.15) is 33.1 Å². The zero-order chi connectivity index (χ0) is 11.3. The molecule has 1 fully saturated rings. The van der Waals surface area contributed by atoms with E-state index in [-0.39, 0.29) is 5.54 Å². The maximum atomic E-state index is 5.95. The minimum atomic E-state index is 0.247. The van der Waals surface area contributed by atoms with Crippen LogP contribution in [-0.2, 0) is 4.74 Å². The minimum Gasteiger partial charge on any atom is -0.380 e. The number of ether oxygens (including phenoxy) is 1. The van der Waals surface area contributed by atoms with E-state index in [1.165, 1.54) is 19.3 Å². The molecule has 0 radical (unpaired) electrons. The highest BCUT2D eigenvalue weighted by Gasteiger charge is 2.39. The van der Waals surface area contributed by atoms with Gasteiger partial charge in [0.05, 0.1) is 6.61 Å². The Morgan fingerprint density at radius 1 is 1.53 bits per heavy atom. The summed E-state index contributed by atoms with van der Waals surface area (Å²) in [6.45, 7) is 7.77. The second-order valence-corrected chi connectivity index (χ2v) is 4.89. The predicted octanol–water partition coefficient (Wildman–Crippen LogP) is 1.47. The molecule has 0 aromatic rings. The third kappa shape index (κ3) is 3.16. The van der Waals surface area contributed by atoms with E-state index < -0.39 is 0 Å². The lowest BCUT2D eigenvalue weighted by atomic mass is 9.94. The summed E-state index contributed by atoms with van der Waals surface area (Å²) >= 11 is 0. The van der Waals surface area contributed by atoms with E-state index in [0.717, 1.165) is 32.2 Å². The average Bonchev–Trinajstić information content (AvgIpc) is 2.62. The van der Waals surface area contributed by atoms with Gasteiger partial charge >= 0.3 is 0 Å². The first-order valence-corrected chi connectivity index (χ1v) is 6.13. The summed E-state index contributed by atoms with van der Waals surface area (Å²) in [6, 6.07) is 0. The normalized spacial score (nSPS) is 31.4. The van der Waals surface area contributed by atoms with Gasteiger partial charge in [-0.15, -0.1) is 0 Å². The molecule has 0 aromatic heterocycles. The molecule has 0 amide bonds. The molecule has 15 heavy (non-hydrogen) atoms. The van der Waals surface area contributed by atoms with E-state index >= 15 is 0 Å². The standard InChI is InChI=1S/C12H26N2O/c1-4-15-8-7-14(3)12(10-13)6-5-11(2)9-12/h11H,4-10,13H2,1-3H3. The lowest BCUT2D eigenvalue weighted by molar-refractivity contribution is 0.0688. The zero-order valence-electron chi connectivity index (χ0n) is 10.5. The van der Waals surface area contributed by atoms with Crippen LogP contribution >= 0.6 is 0 Å². The SMILES string of the molecule is CCOCCN(C)C1(CN)CCC(C)C1. The van der Waals surface area contributed by atoms with Crippen LogP contribution in [0.25, 0.3) is 0 Å². The number of hydrogen-bond donors (Lipinski definition) is 1. The molecule has 0 aliphatic heterocycles. The fourth-order valence-electron chi connectivity index (χ4n) is 2.64. The van der Waals surface area contributed by atoms with Crippen LogP contribution in [0, 0.1) is 5.92 Å². The molecular weight excluding hydrogens is 188 g/mol. The molecule has 1 saturated carbocycles. The van der Waals surface area contributed by atoms with Gasteiger partial charge in [0, 0.05) is 25.2 Å². The number of hydrogen-bond acceptors (Lipinski definition) is 3. The van der Waals surface area contributed by atoms with Gasteiger partial charge in [-0.25, -0.2) is 0 Å². The van der Waals surface area contributed by atoms with Gasteiger partial charge < -0.3 is 10.5 Å². The van der Waals surface area contributed by atoms with Crippen molar-refractivity contribution < 1.29 is 4.74 Å². The monoisotopic (exact) mass is 214 g/mol. The summed E-state index contributed by atoms with van der Waals surface area (Å²) in [5.41, 5.74) is 6.20. The number of rotatable bonds is 6. The third-order valence-corrected chi connectivity index (χ3v) is 3.80. The van der Waals surface area contributed by atoms with Crippen LogP contribution in [0.15, 0.2) is 0 Å². The van der Waals surface area contributed by atoms with Crippen molar-refractivity contribution in [2.24, 2.45) is 11.7 Å². The van der Waals surface area contributed by atoms with E-state index in [9.17, 15) is 0 Å². The largest absolute Gasteiger partial charge is 0.380 e. The number of nitrogens with two attached hydrogens (primary N) is 1. The molecule has 3 nitrogen and oxygen atoms in total. The topological polar surface area (TPSA) is 38.5 Å². The molecule has 2 atom stereocenters. The van der Waals surface area contributed by atoms with E-state index in [1.807, 2.05) is 6.92 Å². The molecule has 0 spiro atoms. The summed E-state index contributed by atoms with van der Waals surface area (Å²) in [5.74, 6) is 0.822. The molecule has 1 rings (SSSR count). The van der Waals surface area contributed by atoms with Crippen LogP contribution in [0.5, 0.6) is 0 Å². The minimum absolute atomic E-state index is 0.247. The highest BCUT2D eigenvalue weighted by molar-refractivity contribution is 4.96. The van der Waals surface area contributed by atoms with Crippen molar-refractivity contribution >= 4 is 0 Å². The van der Waals surface area contributed by atoms with Crippen LogP contribution in [-0.4, -0.2) is 43.8 Å². The summed E-state index contributed by atoms with van der Waals surface area (Å²) in [7, 11) is 2.18. The van der Waals surface area contributed by atoms with E-state index in [0.29, 0.717) is 0 Å². The van der Waals surface area contributed by atoms with Crippen molar-refractivity contribution in [1.29, 1.82) is 0 Å². The first kappa shape index (κ1) is 12.9. The Morgan fingerprint density at radius 3 is 2.73 bits per heavy atom. The summed E-state index contributed by atoms with van der Waals surface area (Å²) in [5, 5.41) is 0. The number of nitrogens with zero attached hydrogens (tertiary/aromatic N) is 1. The Bertz CT molecular complexity index is 186. The second-order valence-electron chi connectivity index (χ2n) is 4.89. The Hall–Kier alpha value is -0.120. The fraction of sp³-hybridized carbons (Fsp3) is 1.00. The van der Waals surface area contributed by atoms with Gasteiger partial charge in [0.1, 0.15) is 0 Å². The van der Waals surface area contributed by atoms with E-state index in [1.54, 1.807) is 0 Å². The Morgan fingerprint density at radius 2 is 2.27 bits per heavy atom. The first-order chi connectivity index (χ1) is 7.14. The maximum Gasteiger partial charge on any atom is 0.0593 e. The van der Waals surface area contributed by atoms with E-state index in [4.69, 9.17) is 10.5 Å². The molecule has 1 aliphatic carbocycles. The van der Waals surface area contributed by atoms with Crippen LogP contribution in [0.3, 0.4) is 0 Å². The van der Waals surface area contributed by atoms with Gasteiger partial charge in [-0.3, -0.25) is 4.90 Å². The molecule has 90 valence electrons. The molecule has 0 aromatic carbocycles. The second kappa shape index (κ2) is 5.83. The molecule has 1 aliphatic rings. The molecule has 0 bridgehead atoms. The van der Waals surface area contributed by atoms with Crippen molar-refractivity contribution in [2.45, 2.75) is 38.6 Å². The van der Waals surface area contributed by atoms with Gasteiger partial charge in [-0.05, 0) is 39.2 Å². The third-order valence-electron chi connectivity index (χ3n) is 3.80. The fourth-order valence-corrected chi connectivity index (χ4v) is 2.64. The maximum absolute atomic E-state index is 5.95. The number of likely N-dealkylation sites (N-methyl/N-ethyl adjacent to an activating group) is 1. The summed E-state index contributed by atoms with van der Waals surface area (Å²) < 4.78 is 5.40. The average molecular weight is 214 g/mol. The summed E-state index contributed by atoms with van der Waals surface area (Å²) in [4.78, 5) is 2.41. The van der Waals surface area contributed by atoms with Crippen molar-refractivity contribution in [3.05, 3.63) is 0 Å². The van der Waals surface area contributed by atoms with Gasteiger partial charge in [0.2, 0.25) is 0 Å². The Labute approximate surface area is 94.0 Å². The lowest BCUT2D eigenvalue weighted by Crippen LogP contribution is -2.51. The van der Waals surface area contributed by atoms with E-state index in [2.05, 4.69) is 18.9 Å². The van der Waals surface area contributed by atoms with Gasteiger partial charge in [-0.1, -0.05) is 6.92 Å². The molecule has 0 heterocycles. The summed E-state index contributed by atoms with van der Waals surface area (Å²) in [6.07, 6.45) is 3.80. The smallest absolute Gasteiger partial charge is 0.0593 e. The van der Waals surface area contributed by atoms with Gasteiger partial charge in [-0.2, -0.15) is 0 Å². The van der Waals surface area contributed by atoms with Gasteiger partial charge in [0.15, 0.2) is 0 Å². The molecule has 2 unspecified atom stereocenters. The van der Waals surface area contributed by atoms with Crippen LogP contribution < -0.4 is 5.73 Å². The van der Waals surface area contributed by atoms with Crippen LogP contribution in [0.4, 0.5) is 0 Å².